The first kappa shape index (κ1) is 14.3. The molecule has 2 aromatic rings. The Morgan fingerprint density at radius 2 is 1.85 bits per heavy atom. The molecular weight excluding hydrogens is 255 g/mol. The molecule has 0 radical (unpaired) electrons. The van der Waals surface area contributed by atoms with Crippen molar-refractivity contribution in [2.24, 2.45) is 0 Å². The highest BCUT2D eigenvalue weighted by Gasteiger charge is 2.35. The van der Waals surface area contributed by atoms with Gasteiger partial charge in [-0.25, -0.2) is 4.39 Å². The van der Waals surface area contributed by atoms with Crippen LogP contribution in [0.5, 0.6) is 0 Å². The fourth-order valence-electron chi connectivity index (χ4n) is 2.35. The number of rotatable bonds is 4. The fourth-order valence-corrected chi connectivity index (χ4v) is 2.35. The smallest absolute Gasteiger partial charge is 0.314 e. The molecule has 3 heteroatoms. The predicted molar refractivity (Wildman–Crippen MR) is 76.3 cm³/mol. The zero-order chi connectivity index (χ0) is 14.8. The highest BCUT2D eigenvalue weighted by atomic mass is 19.1. The Morgan fingerprint density at radius 1 is 1.20 bits per heavy atom. The van der Waals surface area contributed by atoms with E-state index in [0.717, 1.165) is 11.1 Å². The van der Waals surface area contributed by atoms with Crippen LogP contribution in [0, 0.1) is 12.7 Å². The Kier molecular flexibility index (Phi) is 3.89. The monoisotopic (exact) mass is 272 g/mol. The minimum atomic E-state index is -1.07. The highest BCUT2D eigenvalue weighted by molar-refractivity contribution is 5.81. The number of carbonyl (C=O) groups is 1. The van der Waals surface area contributed by atoms with Crippen molar-refractivity contribution in [1.29, 1.82) is 0 Å². The standard InChI is InChI=1S/C17H17FO2/c1-12-4-3-5-13(10-12)11-17(2,16(19)20)14-6-8-15(18)9-7-14/h3-10H,11H2,1-2H3,(H,19,20). The topological polar surface area (TPSA) is 37.3 Å². The minimum absolute atomic E-state index is 0.364. The molecule has 0 fully saturated rings. The fraction of sp³-hybridized carbons (Fsp3) is 0.235. The molecule has 0 spiro atoms. The molecule has 0 saturated carbocycles. The Bertz CT molecular complexity index is 619. The van der Waals surface area contributed by atoms with E-state index in [-0.39, 0.29) is 5.82 Å². The van der Waals surface area contributed by atoms with Crippen molar-refractivity contribution < 1.29 is 14.3 Å². The van der Waals surface area contributed by atoms with Gasteiger partial charge < -0.3 is 5.11 Å². The number of carboxylic acids is 1. The van der Waals surface area contributed by atoms with Crippen LogP contribution in [0.25, 0.3) is 0 Å². The Hall–Kier alpha value is -2.16. The van der Waals surface area contributed by atoms with Crippen LogP contribution in [0.2, 0.25) is 0 Å². The van der Waals surface area contributed by atoms with Crippen LogP contribution in [0.15, 0.2) is 48.5 Å². The lowest BCUT2D eigenvalue weighted by molar-refractivity contribution is -0.143. The molecule has 0 heterocycles. The third-order valence-corrected chi connectivity index (χ3v) is 3.59. The summed E-state index contributed by atoms with van der Waals surface area (Å²) in [5, 5.41) is 9.59. The van der Waals surface area contributed by atoms with Crippen molar-refractivity contribution >= 4 is 5.97 Å². The summed E-state index contributed by atoms with van der Waals surface area (Å²) in [6.07, 6.45) is 0.371. The summed E-state index contributed by atoms with van der Waals surface area (Å²) in [4.78, 5) is 11.7. The number of hydrogen-bond acceptors (Lipinski definition) is 1. The SMILES string of the molecule is Cc1cccc(CC(C)(C(=O)O)c2ccc(F)cc2)c1. The molecule has 1 atom stereocenters. The highest BCUT2D eigenvalue weighted by Crippen LogP contribution is 2.29. The second-order valence-electron chi connectivity index (χ2n) is 5.31. The average Bonchev–Trinajstić information content (AvgIpc) is 2.39. The van der Waals surface area contributed by atoms with Crippen molar-refractivity contribution in [3.8, 4) is 0 Å². The van der Waals surface area contributed by atoms with Crippen molar-refractivity contribution in [2.75, 3.05) is 0 Å². The van der Waals surface area contributed by atoms with Crippen LogP contribution in [-0.2, 0) is 16.6 Å². The number of aryl methyl sites for hydroxylation is 1. The molecule has 2 nitrogen and oxygen atoms in total. The van der Waals surface area contributed by atoms with Crippen LogP contribution < -0.4 is 0 Å². The lowest BCUT2D eigenvalue weighted by atomic mass is 9.77. The average molecular weight is 272 g/mol. The van der Waals surface area contributed by atoms with Gasteiger partial charge in [-0.2, -0.15) is 0 Å². The molecule has 20 heavy (non-hydrogen) atoms. The van der Waals surface area contributed by atoms with Gasteiger partial charge in [-0.15, -0.1) is 0 Å². The van der Waals surface area contributed by atoms with Crippen molar-refractivity contribution in [3.63, 3.8) is 0 Å². The Morgan fingerprint density at radius 3 is 2.40 bits per heavy atom. The third kappa shape index (κ3) is 2.87. The third-order valence-electron chi connectivity index (χ3n) is 3.59. The van der Waals surface area contributed by atoms with E-state index in [2.05, 4.69) is 0 Å². The Balaban J connectivity index is 2.39. The molecule has 0 bridgehead atoms. The van der Waals surface area contributed by atoms with Crippen LogP contribution in [0.4, 0.5) is 4.39 Å². The molecular formula is C17H17FO2. The minimum Gasteiger partial charge on any atom is -0.481 e. The summed E-state index contributed by atoms with van der Waals surface area (Å²) in [5.41, 5.74) is 1.59. The van der Waals surface area contributed by atoms with Gasteiger partial charge in [-0.1, -0.05) is 42.0 Å². The normalized spacial score (nSPS) is 13.8. The summed E-state index contributed by atoms with van der Waals surface area (Å²) < 4.78 is 13.0. The number of carboxylic acid groups (broad SMARTS) is 1. The molecule has 0 aliphatic carbocycles. The molecule has 2 aromatic carbocycles. The molecule has 0 aliphatic heterocycles. The first-order valence-corrected chi connectivity index (χ1v) is 6.47. The molecule has 104 valence electrons. The molecule has 0 aromatic heterocycles. The maximum Gasteiger partial charge on any atom is 0.314 e. The van der Waals surface area contributed by atoms with E-state index in [1.54, 1.807) is 19.1 Å². The van der Waals surface area contributed by atoms with Crippen LogP contribution in [-0.4, -0.2) is 11.1 Å². The maximum atomic E-state index is 13.0. The van der Waals surface area contributed by atoms with Gasteiger partial charge in [0.15, 0.2) is 0 Å². The van der Waals surface area contributed by atoms with E-state index in [0.29, 0.717) is 12.0 Å². The van der Waals surface area contributed by atoms with Gasteiger partial charge in [0.25, 0.3) is 0 Å². The van der Waals surface area contributed by atoms with E-state index in [9.17, 15) is 14.3 Å². The summed E-state index contributed by atoms with van der Waals surface area (Å²) >= 11 is 0. The molecule has 1 N–H and O–H groups in total. The maximum absolute atomic E-state index is 13.0. The van der Waals surface area contributed by atoms with Crippen LogP contribution in [0.1, 0.15) is 23.6 Å². The Labute approximate surface area is 117 Å². The van der Waals surface area contributed by atoms with Crippen molar-refractivity contribution in [3.05, 3.63) is 71.0 Å². The van der Waals surface area contributed by atoms with Gasteiger partial charge in [-0.05, 0) is 43.5 Å². The van der Waals surface area contributed by atoms with Gasteiger partial charge in [-0.3, -0.25) is 4.79 Å². The van der Waals surface area contributed by atoms with Crippen molar-refractivity contribution in [2.45, 2.75) is 25.7 Å². The molecule has 0 saturated heterocycles. The van der Waals surface area contributed by atoms with Crippen LogP contribution >= 0.6 is 0 Å². The quantitative estimate of drug-likeness (QED) is 0.921. The van der Waals surface area contributed by atoms with Crippen molar-refractivity contribution in [1.82, 2.24) is 0 Å². The number of halogens is 1. The molecule has 0 aliphatic rings. The molecule has 2 rings (SSSR count). The van der Waals surface area contributed by atoms with Gasteiger partial charge >= 0.3 is 5.97 Å². The summed E-state index contributed by atoms with van der Waals surface area (Å²) in [6, 6.07) is 13.5. The second-order valence-corrected chi connectivity index (χ2v) is 5.31. The largest absolute Gasteiger partial charge is 0.481 e. The lowest BCUT2D eigenvalue weighted by Gasteiger charge is -2.25. The zero-order valence-electron chi connectivity index (χ0n) is 11.6. The van der Waals surface area contributed by atoms with E-state index in [4.69, 9.17) is 0 Å². The van der Waals surface area contributed by atoms with E-state index in [1.807, 2.05) is 31.2 Å². The van der Waals surface area contributed by atoms with Gasteiger partial charge in [0, 0.05) is 0 Å². The molecule has 1 unspecified atom stereocenters. The van der Waals surface area contributed by atoms with Crippen LogP contribution in [0.3, 0.4) is 0 Å². The number of aliphatic carboxylic acids is 1. The molecule has 0 amide bonds. The van der Waals surface area contributed by atoms with Gasteiger partial charge in [0.05, 0.1) is 5.41 Å². The number of benzene rings is 2. The first-order valence-electron chi connectivity index (χ1n) is 6.47. The lowest BCUT2D eigenvalue weighted by Crippen LogP contribution is -2.34. The van der Waals surface area contributed by atoms with Gasteiger partial charge in [0.1, 0.15) is 5.82 Å². The summed E-state index contributed by atoms with van der Waals surface area (Å²) in [6.45, 7) is 3.64. The number of hydrogen-bond donors (Lipinski definition) is 1. The summed E-state index contributed by atoms with van der Waals surface area (Å²) in [7, 11) is 0. The first-order chi connectivity index (χ1) is 9.41. The second kappa shape index (κ2) is 5.45. The predicted octanol–water partition coefficient (Wildman–Crippen LogP) is 3.72. The summed E-state index contributed by atoms with van der Waals surface area (Å²) in [5.74, 6) is -1.28. The van der Waals surface area contributed by atoms with E-state index in [1.165, 1.54) is 12.1 Å². The van der Waals surface area contributed by atoms with E-state index < -0.39 is 11.4 Å². The van der Waals surface area contributed by atoms with E-state index >= 15 is 0 Å². The van der Waals surface area contributed by atoms with Gasteiger partial charge in [0.2, 0.25) is 0 Å². The zero-order valence-corrected chi connectivity index (χ0v) is 11.6.